The van der Waals surface area contributed by atoms with Gasteiger partial charge in [-0.15, -0.1) is 0 Å². The minimum atomic E-state index is -4.41. The van der Waals surface area contributed by atoms with Crippen LogP contribution in [0.25, 0.3) is 0 Å². The number of alkyl halides is 3. The predicted molar refractivity (Wildman–Crippen MR) is 132 cm³/mol. The Labute approximate surface area is 215 Å². The highest BCUT2D eigenvalue weighted by molar-refractivity contribution is 5.92. The molecule has 1 amide bonds. The van der Waals surface area contributed by atoms with Gasteiger partial charge in [0.15, 0.2) is 6.19 Å². The van der Waals surface area contributed by atoms with Crippen LogP contribution in [0.5, 0.6) is 0 Å². The summed E-state index contributed by atoms with van der Waals surface area (Å²) in [6, 6.07) is 2.55. The number of aromatic nitrogens is 1. The standard InChI is InChI=1S/C26H34F3N7O/c1-24(2,36-7-5-35(6-8-36)20-4-3-19(14-32-20)26(27,28)29)23(33-15-30)34-21-17-9-16-10-18(21)13-25(11-16,12-17)22(31)37/h3-4,14,16-18,21H,5-13H2,1-2H3,(H2,31,37)(H,33,34). The van der Waals surface area contributed by atoms with E-state index >= 15 is 0 Å². The SMILES string of the molecule is CC(C)(C(=NC1C2CC3CC1CC(C(N)=O)(C3)C2)NC#N)N1CCN(c2ccc(C(F)(F)F)cn2)CC1. The Morgan fingerprint density at radius 3 is 2.32 bits per heavy atom. The molecule has 37 heavy (non-hydrogen) atoms. The van der Waals surface area contributed by atoms with Gasteiger partial charge in [0.05, 0.1) is 17.1 Å². The zero-order valence-corrected chi connectivity index (χ0v) is 21.3. The smallest absolute Gasteiger partial charge is 0.369 e. The van der Waals surface area contributed by atoms with Gasteiger partial charge in [-0.2, -0.15) is 18.4 Å². The molecule has 5 aliphatic rings. The van der Waals surface area contributed by atoms with E-state index in [4.69, 9.17) is 10.7 Å². The lowest BCUT2D eigenvalue weighted by molar-refractivity contribution is -0.144. The van der Waals surface area contributed by atoms with Crippen LogP contribution in [0, 0.1) is 34.6 Å². The largest absolute Gasteiger partial charge is 0.417 e. The number of nitrogens with two attached hydrogens (primary N) is 1. The lowest BCUT2D eigenvalue weighted by Crippen LogP contribution is -2.61. The molecule has 4 aliphatic carbocycles. The average Bonchev–Trinajstić information content (AvgIpc) is 2.84. The van der Waals surface area contributed by atoms with Gasteiger partial charge in [0.25, 0.3) is 0 Å². The molecule has 5 fully saturated rings. The van der Waals surface area contributed by atoms with Crippen molar-refractivity contribution in [3.63, 3.8) is 0 Å². The maximum absolute atomic E-state index is 12.9. The molecular formula is C26H34F3N7O. The summed E-state index contributed by atoms with van der Waals surface area (Å²) in [4.78, 5) is 25.7. The number of nitrogens with zero attached hydrogens (tertiary/aromatic N) is 5. The van der Waals surface area contributed by atoms with Crippen LogP contribution in [0.2, 0.25) is 0 Å². The number of hydrogen-bond acceptors (Lipinski definition) is 6. The quantitative estimate of drug-likeness (QED) is 0.269. The molecule has 4 saturated carbocycles. The van der Waals surface area contributed by atoms with E-state index in [-0.39, 0.29) is 17.4 Å². The number of anilines is 1. The third-order valence-electron chi connectivity index (χ3n) is 9.25. The van der Waals surface area contributed by atoms with E-state index < -0.39 is 17.3 Å². The summed E-state index contributed by atoms with van der Waals surface area (Å²) in [6.45, 7) is 6.57. The summed E-state index contributed by atoms with van der Waals surface area (Å²) in [6.07, 6.45) is 3.11. The van der Waals surface area contributed by atoms with Crippen molar-refractivity contribution in [2.75, 3.05) is 31.1 Å². The average molecular weight is 518 g/mol. The fraction of sp³-hybridized carbons (Fsp3) is 0.692. The number of pyridine rings is 1. The van der Waals surface area contributed by atoms with Crippen LogP contribution < -0.4 is 16.0 Å². The maximum atomic E-state index is 12.9. The van der Waals surface area contributed by atoms with Crippen LogP contribution in [-0.2, 0) is 11.0 Å². The Morgan fingerprint density at radius 1 is 1.16 bits per heavy atom. The van der Waals surface area contributed by atoms with E-state index in [9.17, 15) is 23.2 Å². The number of halogens is 3. The fourth-order valence-electron chi connectivity index (χ4n) is 7.44. The van der Waals surface area contributed by atoms with Crippen molar-refractivity contribution in [2.24, 2.45) is 33.9 Å². The molecular weight excluding hydrogens is 483 g/mol. The Morgan fingerprint density at radius 2 is 1.81 bits per heavy atom. The Hall–Kier alpha value is -2.87. The lowest BCUT2D eigenvalue weighted by atomic mass is 9.48. The summed E-state index contributed by atoms with van der Waals surface area (Å²) in [5.74, 6) is 2.10. The van der Waals surface area contributed by atoms with Crippen LogP contribution >= 0.6 is 0 Å². The summed E-state index contributed by atoms with van der Waals surface area (Å²) < 4.78 is 38.6. The number of carbonyl (C=O) groups excluding carboxylic acids is 1. The van der Waals surface area contributed by atoms with Gasteiger partial charge in [-0.25, -0.2) is 4.98 Å². The van der Waals surface area contributed by atoms with E-state index in [1.165, 1.54) is 6.07 Å². The highest BCUT2D eigenvalue weighted by atomic mass is 19.4. The number of rotatable bonds is 5. The van der Waals surface area contributed by atoms with Gasteiger partial charge in [-0.1, -0.05) is 0 Å². The molecule has 4 bridgehead atoms. The maximum Gasteiger partial charge on any atom is 0.417 e. The molecule has 0 aromatic carbocycles. The van der Waals surface area contributed by atoms with Crippen LogP contribution in [0.1, 0.15) is 51.5 Å². The second-order valence-electron chi connectivity index (χ2n) is 11.8. The number of primary amides is 1. The number of aliphatic imine (C=N–C) groups is 1. The second-order valence-corrected chi connectivity index (χ2v) is 11.8. The molecule has 1 saturated heterocycles. The van der Waals surface area contributed by atoms with Crippen LogP contribution in [-0.4, -0.2) is 59.4 Å². The van der Waals surface area contributed by atoms with Gasteiger partial charge in [0, 0.05) is 37.8 Å². The predicted octanol–water partition coefficient (Wildman–Crippen LogP) is 3.15. The molecule has 3 N–H and O–H groups in total. The normalized spacial score (nSPS) is 32.3. The summed E-state index contributed by atoms with van der Waals surface area (Å²) in [5, 5.41) is 12.4. The minimum Gasteiger partial charge on any atom is -0.369 e. The minimum absolute atomic E-state index is 0.0665. The van der Waals surface area contributed by atoms with Crippen molar-refractivity contribution < 1.29 is 18.0 Å². The van der Waals surface area contributed by atoms with Crippen molar-refractivity contribution in [1.82, 2.24) is 15.2 Å². The van der Waals surface area contributed by atoms with Gasteiger partial charge in [-0.05, 0) is 75.8 Å². The molecule has 2 atom stereocenters. The third-order valence-corrected chi connectivity index (χ3v) is 9.25. The lowest BCUT2D eigenvalue weighted by Gasteiger charge is -2.58. The topological polar surface area (TPSA) is 111 Å². The van der Waals surface area contributed by atoms with Gasteiger partial charge >= 0.3 is 6.18 Å². The van der Waals surface area contributed by atoms with Crippen molar-refractivity contribution in [3.05, 3.63) is 23.9 Å². The van der Waals surface area contributed by atoms with E-state index in [0.29, 0.717) is 55.6 Å². The highest BCUT2D eigenvalue weighted by Crippen LogP contribution is 2.60. The first kappa shape index (κ1) is 25.8. The molecule has 0 radical (unpaired) electrons. The zero-order valence-electron chi connectivity index (χ0n) is 21.3. The van der Waals surface area contributed by atoms with Crippen LogP contribution in [0.15, 0.2) is 23.3 Å². The summed E-state index contributed by atoms with van der Waals surface area (Å²) in [7, 11) is 0. The number of nitriles is 1. The molecule has 6 rings (SSSR count). The molecule has 2 unspecified atom stereocenters. The van der Waals surface area contributed by atoms with Crippen LogP contribution in [0.4, 0.5) is 19.0 Å². The Bertz CT molecular complexity index is 1090. The van der Waals surface area contributed by atoms with Gasteiger partial charge < -0.3 is 10.6 Å². The Kier molecular flexibility index (Phi) is 6.37. The van der Waals surface area contributed by atoms with Gasteiger partial charge in [-0.3, -0.25) is 20.0 Å². The number of carbonyl (C=O) groups is 1. The summed E-state index contributed by atoms with van der Waals surface area (Å²) in [5.41, 5.74) is 4.14. The monoisotopic (exact) mass is 517 g/mol. The van der Waals surface area contributed by atoms with Crippen molar-refractivity contribution in [1.29, 1.82) is 5.26 Å². The first-order valence-electron chi connectivity index (χ1n) is 13.0. The molecule has 2 heterocycles. The zero-order chi connectivity index (χ0) is 26.6. The molecule has 1 aromatic rings. The number of hydrogen-bond donors (Lipinski definition) is 2. The third kappa shape index (κ3) is 4.65. The number of nitrogens with one attached hydrogen (secondary N) is 1. The number of piperazine rings is 1. The Balaban J connectivity index is 1.29. The van der Waals surface area contributed by atoms with Crippen LogP contribution in [0.3, 0.4) is 0 Å². The van der Waals surface area contributed by atoms with Crippen molar-refractivity contribution in [3.8, 4) is 6.19 Å². The molecule has 0 spiro atoms. The van der Waals surface area contributed by atoms with Gasteiger partial charge in [0.2, 0.25) is 5.91 Å². The van der Waals surface area contributed by atoms with E-state index in [2.05, 4.69) is 21.4 Å². The molecule has 8 nitrogen and oxygen atoms in total. The second kappa shape index (κ2) is 9.15. The van der Waals surface area contributed by atoms with Gasteiger partial charge in [0.1, 0.15) is 11.7 Å². The highest BCUT2D eigenvalue weighted by Gasteiger charge is 2.58. The molecule has 1 aromatic heterocycles. The van der Waals surface area contributed by atoms with E-state index in [0.717, 1.165) is 44.4 Å². The molecule has 11 heteroatoms. The number of amides is 1. The summed E-state index contributed by atoms with van der Waals surface area (Å²) >= 11 is 0. The number of amidine groups is 1. The van der Waals surface area contributed by atoms with Crippen molar-refractivity contribution >= 4 is 17.6 Å². The first-order chi connectivity index (χ1) is 17.4. The van der Waals surface area contributed by atoms with Crippen molar-refractivity contribution in [2.45, 2.75) is 63.7 Å². The fourth-order valence-corrected chi connectivity index (χ4v) is 7.44. The van der Waals surface area contributed by atoms with E-state index in [1.807, 2.05) is 18.7 Å². The molecule has 1 aliphatic heterocycles. The van der Waals surface area contributed by atoms with E-state index in [1.54, 1.807) is 0 Å². The first-order valence-corrected chi connectivity index (χ1v) is 13.0. The molecule has 200 valence electrons.